The number of thioether (sulfide) groups is 1. The van der Waals surface area contributed by atoms with Gasteiger partial charge in [0, 0.05) is 22.5 Å². The summed E-state index contributed by atoms with van der Waals surface area (Å²) in [7, 11) is 0. The molecule has 0 bridgehead atoms. The highest BCUT2D eigenvalue weighted by Crippen LogP contribution is 2.32. The first-order valence-electron chi connectivity index (χ1n) is 10.3. The molecule has 2 heterocycles. The van der Waals surface area contributed by atoms with Gasteiger partial charge in [-0.05, 0) is 54.1 Å². The SMILES string of the molecule is O=C1N=C(Cc2ccc(Oc3ccccc3)cc2)SC1=Cc1ccc(-c2ccc(Br)cc2)o1. The first-order valence-corrected chi connectivity index (χ1v) is 11.9. The number of benzene rings is 3. The summed E-state index contributed by atoms with van der Waals surface area (Å²) in [6, 6.07) is 29.1. The Morgan fingerprint density at radius 2 is 1.61 bits per heavy atom. The number of nitrogens with zero attached hydrogens (tertiary/aromatic N) is 1. The molecule has 6 heteroatoms. The molecule has 0 N–H and O–H groups in total. The Kier molecular flexibility index (Phi) is 6.28. The molecule has 1 aliphatic heterocycles. The lowest BCUT2D eigenvalue weighted by molar-refractivity contribution is -0.113. The molecule has 0 fully saturated rings. The Labute approximate surface area is 204 Å². The normalized spacial score (nSPS) is 14.5. The zero-order chi connectivity index (χ0) is 22.6. The third kappa shape index (κ3) is 5.35. The van der Waals surface area contributed by atoms with Crippen molar-refractivity contribution < 1.29 is 13.9 Å². The summed E-state index contributed by atoms with van der Waals surface area (Å²) in [4.78, 5) is 17.2. The summed E-state index contributed by atoms with van der Waals surface area (Å²) in [5.74, 6) is 2.71. The minimum Gasteiger partial charge on any atom is -0.457 e. The van der Waals surface area contributed by atoms with E-state index in [0.717, 1.165) is 37.9 Å². The molecule has 1 aromatic heterocycles. The van der Waals surface area contributed by atoms with Crippen molar-refractivity contribution in [2.45, 2.75) is 6.42 Å². The van der Waals surface area contributed by atoms with E-state index in [4.69, 9.17) is 9.15 Å². The largest absolute Gasteiger partial charge is 0.457 e. The highest BCUT2D eigenvalue weighted by Gasteiger charge is 2.22. The lowest BCUT2D eigenvalue weighted by atomic mass is 10.1. The van der Waals surface area contributed by atoms with E-state index in [1.807, 2.05) is 91.0 Å². The van der Waals surface area contributed by atoms with Crippen molar-refractivity contribution in [1.82, 2.24) is 0 Å². The first-order chi connectivity index (χ1) is 16.1. The molecule has 5 rings (SSSR count). The van der Waals surface area contributed by atoms with Crippen molar-refractivity contribution in [1.29, 1.82) is 0 Å². The monoisotopic (exact) mass is 515 g/mol. The van der Waals surface area contributed by atoms with Crippen LogP contribution >= 0.6 is 27.7 Å². The third-order valence-electron chi connectivity index (χ3n) is 4.95. The number of rotatable bonds is 6. The standard InChI is InChI=1S/C27H18BrNO3S/c28-20-10-8-19(9-11-20)24-15-14-23(32-24)17-25-27(30)29-26(33-25)16-18-6-12-22(13-7-18)31-21-4-2-1-3-5-21/h1-15,17H,16H2. The number of halogens is 1. The maximum Gasteiger partial charge on any atom is 0.284 e. The molecule has 1 amide bonds. The van der Waals surface area contributed by atoms with Crippen LogP contribution in [-0.2, 0) is 11.2 Å². The van der Waals surface area contributed by atoms with Crippen LogP contribution in [0.15, 0.2) is 110 Å². The van der Waals surface area contributed by atoms with Crippen molar-refractivity contribution in [3.63, 3.8) is 0 Å². The molecular formula is C27H18BrNO3S. The predicted molar refractivity (Wildman–Crippen MR) is 137 cm³/mol. The van der Waals surface area contributed by atoms with E-state index < -0.39 is 0 Å². The third-order valence-corrected chi connectivity index (χ3v) is 6.46. The van der Waals surface area contributed by atoms with E-state index in [1.54, 1.807) is 6.08 Å². The van der Waals surface area contributed by atoms with Crippen LogP contribution in [0.2, 0.25) is 0 Å². The molecule has 0 radical (unpaired) electrons. The minimum atomic E-state index is -0.236. The van der Waals surface area contributed by atoms with Gasteiger partial charge in [-0.2, -0.15) is 0 Å². The van der Waals surface area contributed by atoms with Gasteiger partial charge in [0.1, 0.15) is 23.0 Å². The van der Waals surface area contributed by atoms with Gasteiger partial charge in [0.05, 0.1) is 9.95 Å². The second-order valence-corrected chi connectivity index (χ2v) is 9.40. The summed E-state index contributed by atoms with van der Waals surface area (Å²) in [5.41, 5.74) is 2.04. The van der Waals surface area contributed by atoms with Crippen molar-refractivity contribution >= 4 is 44.7 Å². The van der Waals surface area contributed by atoms with Gasteiger partial charge in [0.2, 0.25) is 0 Å². The minimum absolute atomic E-state index is 0.236. The van der Waals surface area contributed by atoms with Crippen LogP contribution in [0.4, 0.5) is 0 Å². The van der Waals surface area contributed by atoms with Gasteiger partial charge >= 0.3 is 0 Å². The Balaban J connectivity index is 1.23. The fourth-order valence-electron chi connectivity index (χ4n) is 3.33. The lowest BCUT2D eigenvalue weighted by Crippen LogP contribution is -1.95. The zero-order valence-corrected chi connectivity index (χ0v) is 19.8. The van der Waals surface area contributed by atoms with E-state index in [9.17, 15) is 4.79 Å². The second-order valence-electron chi connectivity index (χ2n) is 7.37. The molecule has 0 atom stereocenters. The predicted octanol–water partition coefficient (Wildman–Crippen LogP) is 7.76. The average molecular weight is 516 g/mol. The summed E-state index contributed by atoms with van der Waals surface area (Å²) in [5, 5.41) is 0.766. The number of ether oxygens (including phenoxy) is 1. The van der Waals surface area contributed by atoms with Gasteiger partial charge in [0.15, 0.2) is 0 Å². The first kappa shape index (κ1) is 21.5. The summed E-state index contributed by atoms with van der Waals surface area (Å²) in [6.45, 7) is 0. The quantitative estimate of drug-likeness (QED) is 0.246. The van der Waals surface area contributed by atoms with Crippen LogP contribution in [0, 0.1) is 0 Å². The van der Waals surface area contributed by atoms with Crippen molar-refractivity contribution in [3.8, 4) is 22.8 Å². The van der Waals surface area contributed by atoms with Gasteiger partial charge < -0.3 is 9.15 Å². The molecule has 4 aromatic rings. The summed E-state index contributed by atoms with van der Waals surface area (Å²) in [6.07, 6.45) is 2.34. The molecule has 33 heavy (non-hydrogen) atoms. The molecular weight excluding hydrogens is 498 g/mol. The van der Waals surface area contributed by atoms with E-state index in [0.29, 0.717) is 17.1 Å². The van der Waals surface area contributed by atoms with Crippen LogP contribution in [-0.4, -0.2) is 11.0 Å². The van der Waals surface area contributed by atoms with Gasteiger partial charge in [-0.3, -0.25) is 4.79 Å². The fraction of sp³-hybridized carbons (Fsp3) is 0.0370. The molecule has 0 saturated carbocycles. The summed E-state index contributed by atoms with van der Waals surface area (Å²) >= 11 is 4.82. The Bertz CT molecular complexity index is 1340. The number of para-hydroxylation sites is 1. The zero-order valence-electron chi connectivity index (χ0n) is 17.4. The smallest absolute Gasteiger partial charge is 0.284 e. The van der Waals surface area contributed by atoms with Crippen molar-refractivity contribution in [3.05, 3.63) is 112 Å². The van der Waals surface area contributed by atoms with E-state index >= 15 is 0 Å². The number of hydrogen-bond donors (Lipinski definition) is 0. The summed E-state index contributed by atoms with van der Waals surface area (Å²) < 4.78 is 12.8. The Morgan fingerprint density at radius 3 is 2.36 bits per heavy atom. The highest BCUT2D eigenvalue weighted by atomic mass is 79.9. The number of furan rings is 1. The molecule has 0 saturated heterocycles. The number of carbonyl (C=O) groups is 1. The van der Waals surface area contributed by atoms with E-state index in [2.05, 4.69) is 20.9 Å². The highest BCUT2D eigenvalue weighted by molar-refractivity contribution is 9.10. The van der Waals surface area contributed by atoms with Gasteiger partial charge in [-0.1, -0.05) is 70.2 Å². The van der Waals surface area contributed by atoms with Crippen LogP contribution in [0.1, 0.15) is 11.3 Å². The molecule has 0 unspecified atom stereocenters. The van der Waals surface area contributed by atoms with Gasteiger partial charge in [-0.15, -0.1) is 0 Å². The van der Waals surface area contributed by atoms with Crippen LogP contribution in [0.3, 0.4) is 0 Å². The van der Waals surface area contributed by atoms with Gasteiger partial charge in [0.25, 0.3) is 5.91 Å². The molecule has 1 aliphatic rings. The van der Waals surface area contributed by atoms with Crippen molar-refractivity contribution in [2.75, 3.05) is 0 Å². The molecule has 0 aliphatic carbocycles. The Morgan fingerprint density at radius 1 is 0.879 bits per heavy atom. The molecule has 4 nitrogen and oxygen atoms in total. The number of hydrogen-bond acceptors (Lipinski definition) is 4. The molecule has 162 valence electrons. The topological polar surface area (TPSA) is 51.8 Å². The second kappa shape index (κ2) is 9.65. The Hall–Kier alpha value is -3.35. The van der Waals surface area contributed by atoms with E-state index in [-0.39, 0.29) is 5.91 Å². The fourth-order valence-corrected chi connectivity index (χ4v) is 4.53. The maximum absolute atomic E-state index is 12.4. The maximum atomic E-state index is 12.4. The van der Waals surface area contributed by atoms with Crippen molar-refractivity contribution in [2.24, 2.45) is 4.99 Å². The number of amides is 1. The average Bonchev–Trinajstić information content (AvgIpc) is 3.43. The number of aliphatic imine (C=N–C) groups is 1. The van der Waals surface area contributed by atoms with Crippen LogP contribution in [0.5, 0.6) is 11.5 Å². The molecule has 3 aromatic carbocycles. The van der Waals surface area contributed by atoms with Crippen LogP contribution < -0.4 is 4.74 Å². The molecule has 0 spiro atoms. The van der Waals surface area contributed by atoms with Gasteiger partial charge in [-0.25, -0.2) is 4.99 Å². The van der Waals surface area contributed by atoms with Crippen LogP contribution in [0.25, 0.3) is 17.4 Å². The van der Waals surface area contributed by atoms with E-state index in [1.165, 1.54) is 11.8 Å². The lowest BCUT2D eigenvalue weighted by Gasteiger charge is -2.06. The number of carbonyl (C=O) groups excluding carboxylic acids is 1.